The van der Waals surface area contributed by atoms with E-state index < -0.39 is 0 Å². The Morgan fingerprint density at radius 1 is 1.32 bits per heavy atom. The van der Waals surface area contributed by atoms with Gasteiger partial charge in [-0.05, 0) is 30.7 Å². The van der Waals surface area contributed by atoms with Gasteiger partial charge in [-0.3, -0.25) is 4.79 Å². The number of hydrogen-bond donors (Lipinski definition) is 1. The second-order valence-electron chi connectivity index (χ2n) is 6.71. The molecule has 7 nitrogen and oxygen atoms in total. The third kappa shape index (κ3) is 4.15. The van der Waals surface area contributed by atoms with Gasteiger partial charge in [-0.2, -0.15) is 5.10 Å². The molecule has 0 spiro atoms. The molecule has 1 fully saturated rings. The van der Waals surface area contributed by atoms with Gasteiger partial charge in [-0.25, -0.2) is 14.6 Å². The van der Waals surface area contributed by atoms with Gasteiger partial charge in [0.1, 0.15) is 5.82 Å². The molecule has 148 valence electrons. The number of amides is 1. The van der Waals surface area contributed by atoms with E-state index in [1.54, 1.807) is 11.8 Å². The highest BCUT2D eigenvalue weighted by Crippen LogP contribution is 2.29. The topological polar surface area (TPSA) is 75.9 Å². The summed E-state index contributed by atoms with van der Waals surface area (Å²) in [6, 6.07) is 3.71. The summed E-state index contributed by atoms with van der Waals surface area (Å²) in [5.41, 5.74) is 0.848. The fourth-order valence-electron chi connectivity index (χ4n) is 3.28. The molecule has 0 bridgehead atoms. The number of fused-ring (bicyclic) bond motifs is 1. The van der Waals surface area contributed by atoms with Crippen molar-refractivity contribution in [3.05, 3.63) is 28.6 Å². The molecule has 3 aromatic rings. The Labute approximate surface area is 172 Å². The number of carbonyl (C=O) groups excluding carboxylic acids is 1. The molecular formula is C19H24N6OS2. The van der Waals surface area contributed by atoms with Gasteiger partial charge in [0.25, 0.3) is 5.91 Å². The molecule has 1 N–H and O–H groups in total. The monoisotopic (exact) mass is 416 g/mol. The number of nitrogens with one attached hydrogen (secondary N) is 1. The van der Waals surface area contributed by atoms with Gasteiger partial charge in [0.2, 0.25) is 0 Å². The van der Waals surface area contributed by atoms with E-state index in [4.69, 9.17) is 9.97 Å². The number of anilines is 1. The fourth-order valence-corrected chi connectivity index (χ4v) is 4.61. The average molecular weight is 417 g/mol. The zero-order valence-electron chi connectivity index (χ0n) is 15.9. The highest BCUT2D eigenvalue weighted by molar-refractivity contribution is 7.99. The molecule has 0 aliphatic carbocycles. The largest absolute Gasteiger partial charge is 0.356 e. The van der Waals surface area contributed by atoms with Crippen LogP contribution in [0.1, 0.15) is 35.9 Å². The quantitative estimate of drug-likeness (QED) is 0.448. The molecule has 9 heteroatoms. The van der Waals surface area contributed by atoms with Crippen LogP contribution in [0.5, 0.6) is 0 Å². The lowest BCUT2D eigenvalue weighted by atomic mass is 10.3. The van der Waals surface area contributed by atoms with Crippen LogP contribution in [-0.2, 0) is 6.54 Å². The normalized spacial score (nSPS) is 14.1. The lowest BCUT2D eigenvalue weighted by Crippen LogP contribution is -2.27. The molecule has 0 unspecified atom stereocenters. The standard InChI is InChI=1S/C19H24N6OS2/c1-2-11-28-19-22-16(24-8-3-4-9-24)14-13-21-25(17(14)23-19)10-7-20-18(26)15-6-5-12-27-15/h5-6,12-13H,2-4,7-11H2,1H3,(H,20,26). The molecule has 0 atom stereocenters. The average Bonchev–Trinajstić information content (AvgIpc) is 3.47. The molecule has 1 saturated heterocycles. The minimum atomic E-state index is -0.0435. The van der Waals surface area contributed by atoms with Gasteiger partial charge in [0.15, 0.2) is 10.8 Å². The van der Waals surface area contributed by atoms with Gasteiger partial charge in [-0.1, -0.05) is 24.8 Å². The van der Waals surface area contributed by atoms with Crippen molar-refractivity contribution in [2.45, 2.75) is 37.9 Å². The van der Waals surface area contributed by atoms with Crippen molar-refractivity contribution in [3.63, 3.8) is 0 Å². The van der Waals surface area contributed by atoms with E-state index in [1.807, 2.05) is 28.4 Å². The minimum Gasteiger partial charge on any atom is -0.356 e. The molecule has 0 radical (unpaired) electrons. The van der Waals surface area contributed by atoms with E-state index in [9.17, 15) is 4.79 Å². The van der Waals surface area contributed by atoms with E-state index in [2.05, 4.69) is 22.2 Å². The predicted octanol–water partition coefficient (Wildman–Crippen LogP) is 3.42. The van der Waals surface area contributed by atoms with E-state index >= 15 is 0 Å². The van der Waals surface area contributed by atoms with Gasteiger partial charge in [-0.15, -0.1) is 11.3 Å². The van der Waals surface area contributed by atoms with Crippen molar-refractivity contribution < 1.29 is 4.79 Å². The third-order valence-electron chi connectivity index (χ3n) is 4.65. The Morgan fingerprint density at radius 2 is 2.18 bits per heavy atom. The lowest BCUT2D eigenvalue weighted by molar-refractivity contribution is 0.0956. The molecular weight excluding hydrogens is 392 g/mol. The molecule has 1 aliphatic rings. The van der Waals surface area contributed by atoms with E-state index in [-0.39, 0.29) is 5.91 Å². The molecule has 4 rings (SSSR count). The number of aromatic nitrogens is 4. The van der Waals surface area contributed by atoms with Crippen LogP contribution in [0.3, 0.4) is 0 Å². The van der Waals surface area contributed by atoms with Crippen LogP contribution < -0.4 is 10.2 Å². The number of carbonyl (C=O) groups is 1. The summed E-state index contributed by atoms with van der Waals surface area (Å²) < 4.78 is 1.88. The van der Waals surface area contributed by atoms with E-state index in [0.717, 1.165) is 52.1 Å². The van der Waals surface area contributed by atoms with Crippen molar-refractivity contribution >= 4 is 45.9 Å². The van der Waals surface area contributed by atoms with E-state index in [1.165, 1.54) is 24.2 Å². The van der Waals surface area contributed by atoms with Crippen LogP contribution in [0.2, 0.25) is 0 Å². The number of thiophene rings is 1. The summed E-state index contributed by atoms with van der Waals surface area (Å²) in [7, 11) is 0. The molecule has 0 saturated carbocycles. The number of hydrogen-bond acceptors (Lipinski definition) is 7. The third-order valence-corrected chi connectivity index (χ3v) is 6.57. The molecule has 0 aromatic carbocycles. The summed E-state index contributed by atoms with van der Waals surface area (Å²) >= 11 is 3.13. The van der Waals surface area contributed by atoms with Crippen LogP contribution in [0.4, 0.5) is 5.82 Å². The van der Waals surface area contributed by atoms with Gasteiger partial charge in [0, 0.05) is 25.4 Å². The van der Waals surface area contributed by atoms with Crippen LogP contribution >= 0.6 is 23.1 Å². The first kappa shape index (κ1) is 19.2. The van der Waals surface area contributed by atoms with E-state index in [0.29, 0.717) is 13.1 Å². The maximum absolute atomic E-state index is 12.1. The minimum absolute atomic E-state index is 0.0435. The first-order valence-corrected chi connectivity index (χ1v) is 11.6. The molecule has 4 heterocycles. The van der Waals surface area contributed by atoms with Crippen molar-refractivity contribution in [1.29, 1.82) is 0 Å². The Kier molecular flexibility index (Phi) is 6.11. The lowest BCUT2D eigenvalue weighted by Gasteiger charge is -2.18. The van der Waals surface area contributed by atoms with Crippen molar-refractivity contribution in [1.82, 2.24) is 25.1 Å². The molecule has 1 aliphatic heterocycles. The number of nitrogens with zero attached hydrogens (tertiary/aromatic N) is 5. The van der Waals surface area contributed by atoms with Gasteiger partial charge >= 0.3 is 0 Å². The fraction of sp³-hybridized carbons (Fsp3) is 0.474. The zero-order valence-corrected chi connectivity index (χ0v) is 17.6. The summed E-state index contributed by atoms with van der Waals surface area (Å²) in [5.74, 6) is 1.95. The predicted molar refractivity (Wildman–Crippen MR) is 114 cm³/mol. The Morgan fingerprint density at radius 3 is 2.93 bits per heavy atom. The Balaban J connectivity index is 1.54. The zero-order chi connectivity index (χ0) is 19.3. The second-order valence-corrected chi connectivity index (χ2v) is 8.72. The Bertz CT molecular complexity index is 933. The maximum atomic E-state index is 12.1. The molecule has 3 aromatic heterocycles. The van der Waals surface area contributed by atoms with Crippen molar-refractivity contribution in [3.8, 4) is 0 Å². The summed E-state index contributed by atoms with van der Waals surface area (Å²) in [5, 5.41) is 11.2. The van der Waals surface area contributed by atoms with Crippen molar-refractivity contribution in [2.75, 3.05) is 30.3 Å². The summed E-state index contributed by atoms with van der Waals surface area (Å²) in [4.78, 5) is 24.8. The summed E-state index contributed by atoms with van der Waals surface area (Å²) in [6.07, 6.45) is 5.34. The first-order valence-electron chi connectivity index (χ1n) is 9.69. The SMILES string of the molecule is CCCSc1nc(N2CCCC2)c2cnn(CCNC(=O)c3cccs3)c2n1. The van der Waals surface area contributed by atoms with Crippen LogP contribution in [0.25, 0.3) is 11.0 Å². The van der Waals surface area contributed by atoms with Crippen molar-refractivity contribution in [2.24, 2.45) is 0 Å². The highest BCUT2D eigenvalue weighted by atomic mass is 32.2. The molecule has 28 heavy (non-hydrogen) atoms. The first-order chi connectivity index (χ1) is 13.8. The highest BCUT2D eigenvalue weighted by Gasteiger charge is 2.20. The smallest absolute Gasteiger partial charge is 0.261 e. The maximum Gasteiger partial charge on any atom is 0.261 e. The molecule has 1 amide bonds. The Hall–Kier alpha value is -2.13. The second kappa shape index (κ2) is 8.91. The number of rotatable bonds is 8. The number of thioether (sulfide) groups is 1. The van der Waals surface area contributed by atoms with Gasteiger partial charge < -0.3 is 10.2 Å². The van der Waals surface area contributed by atoms with Crippen LogP contribution in [-0.4, -0.2) is 51.0 Å². The van der Waals surface area contributed by atoms with Crippen LogP contribution in [0, 0.1) is 0 Å². The van der Waals surface area contributed by atoms with Gasteiger partial charge in [0.05, 0.1) is 23.0 Å². The summed E-state index contributed by atoms with van der Waals surface area (Å²) in [6.45, 7) is 5.31. The van der Waals surface area contributed by atoms with Crippen LogP contribution in [0.15, 0.2) is 28.9 Å².